The summed E-state index contributed by atoms with van der Waals surface area (Å²) < 4.78 is 103. The third kappa shape index (κ3) is 8.54. The van der Waals surface area contributed by atoms with Gasteiger partial charge in [0.05, 0.1) is 65.6 Å². The van der Waals surface area contributed by atoms with E-state index >= 15 is 17.6 Å². The molecule has 0 spiro atoms. The third-order valence-electron chi connectivity index (χ3n) is 12.4. The number of alkyl halides is 4. The van der Waals surface area contributed by atoms with Crippen molar-refractivity contribution in [2.45, 2.75) is 63.7 Å². The molecule has 2 fully saturated rings. The fourth-order valence-corrected chi connectivity index (χ4v) is 9.59. The number of anilines is 3. The second kappa shape index (κ2) is 17.6. The summed E-state index contributed by atoms with van der Waals surface area (Å²) in [7, 11) is 3.10. The van der Waals surface area contributed by atoms with E-state index in [0.29, 0.717) is 30.0 Å². The zero-order chi connectivity index (χ0) is 45.6. The number of hydrogen-bond donors (Lipinski definition) is 2. The Morgan fingerprint density at radius 1 is 1.02 bits per heavy atom. The molecular weight excluding hydrogens is 871 g/mol. The summed E-state index contributed by atoms with van der Waals surface area (Å²) in [5.74, 6) is -0.102. The van der Waals surface area contributed by atoms with E-state index in [2.05, 4.69) is 25.2 Å². The molecule has 0 amide bonds. The Morgan fingerprint density at radius 2 is 1.71 bits per heavy atom. The Balaban J connectivity index is 1.19. The van der Waals surface area contributed by atoms with Gasteiger partial charge in [-0.1, -0.05) is 41.9 Å². The number of nitrogen functional groups attached to an aromatic ring is 1. The van der Waals surface area contributed by atoms with E-state index in [1.807, 2.05) is 24.3 Å². The van der Waals surface area contributed by atoms with Crippen molar-refractivity contribution in [3.8, 4) is 28.5 Å². The topological polar surface area (TPSA) is 123 Å². The molecule has 3 N–H and O–H groups in total. The molecule has 0 bridgehead atoms. The highest BCUT2D eigenvalue weighted by Gasteiger charge is 2.50. The standard InChI is InChI=1S/C47H46ClF5N8O4/c1-27-18-34(59(20-28-7-11-32(62-2)12-8-28)21-29-9-13-33(63-3)14-10-29)58-41(38(27)47(51,52)53)36-39(48)42-37-43(40(36)50)65-35(64-25-46-15-5-17-61(46)23-31(49)19-46)24-60(45(37)57-26-56-42)22-30-6-4-16-55-44(30)54/h4,6-14,16,18,24,31,56H,5,15,17,19-23,25-26H2,1-3H3,(H2,54,55)/t31-,46+/m1/s1. The van der Waals surface area contributed by atoms with Crippen LogP contribution in [-0.2, 0) is 30.5 Å². The second-order valence-electron chi connectivity index (χ2n) is 16.6. The van der Waals surface area contributed by atoms with Gasteiger partial charge in [-0.05, 0) is 79.4 Å². The average molecular weight is 917 g/mol. The lowest BCUT2D eigenvalue weighted by atomic mass is 9.95. The minimum Gasteiger partial charge on any atom is -0.497 e. The Labute approximate surface area is 377 Å². The summed E-state index contributed by atoms with van der Waals surface area (Å²) >= 11 is 7.16. The fourth-order valence-electron chi connectivity index (χ4n) is 9.26. The highest BCUT2D eigenvalue weighted by Crippen LogP contribution is 2.51. The fraction of sp³-hybridized carbons (Fsp3) is 0.340. The SMILES string of the molecule is COc1ccc(CN(Cc2ccc(OC)cc2)c2cc(C)c(C(F)(F)F)c(-c3c(F)c4c5c(c3Cl)NCN=C5N(Cc3cccnc3N)C=C(OC[C@@]35CCCN3C[C@H](F)C5)O4)n2)cc1. The monoisotopic (exact) mass is 916 g/mol. The molecular formula is C47H46ClF5N8O4. The van der Waals surface area contributed by atoms with Crippen molar-refractivity contribution in [2.75, 3.05) is 56.5 Å². The Hall–Kier alpha value is -6.33. The maximum absolute atomic E-state index is 17.9. The number of benzene rings is 3. The summed E-state index contributed by atoms with van der Waals surface area (Å²) in [5, 5.41) is 2.70. The molecule has 12 nitrogen and oxygen atoms in total. The maximum Gasteiger partial charge on any atom is 0.418 e. The van der Waals surface area contributed by atoms with Crippen LogP contribution in [0.1, 0.15) is 52.6 Å². The van der Waals surface area contributed by atoms with Gasteiger partial charge < -0.3 is 39.8 Å². The van der Waals surface area contributed by atoms with Crippen LogP contribution in [0.5, 0.6) is 17.2 Å². The average Bonchev–Trinajstić information content (AvgIpc) is 3.76. The number of methoxy groups -OCH3 is 2. The van der Waals surface area contributed by atoms with Gasteiger partial charge in [0.25, 0.3) is 0 Å². The van der Waals surface area contributed by atoms with Crippen LogP contribution in [0.15, 0.2) is 90.1 Å². The molecule has 0 unspecified atom stereocenters. The van der Waals surface area contributed by atoms with E-state index in [1.165, 1.54) is 19.2 Å². The number of amidine groups is 1. The van der Waals surface area contributed by atoms with Crippen LogP contribution in [0.25, 0.3) is 11.3 Å². The molecule has 2 saturated heterocycles. The van der Waals surface area contributed by atoms with Crippen LogP contribution in [-0.4, -0.2) is 77.9 Å². The van der Waals surface area contributed by atoms with Gasteiger partial charge in [0.2, 0.25) is 0 Å². The quantitative estimate of drug-likeness (QED) is 0.110. The number of pyridine rings is 2. The summed E-state index contributed by atoms with van der Waals surface area (Å²) in [6.45, 7) is 2.68. The molecule has 4 aliphatic heterocycles. The minimum atomic E-state index is -5.00. The molecule has 3 aromatic carbocycles. The first-order chi connectivity index (χ1) is 31.2. The number of nitrogens with zero attached hydrogens (tertiary/aromatic N) is 6. The van der Waals surface area contributed by atoms with E-state index in [9.17, 15) is 4.39 Å². The maximum atomic E-state index is 17.9. The number of aryl methyl sites for hydroxylation is 1. The lowest BCUT2D eigenvalue weighted by Crippen LogP contribution is -2.42. The Morgan fingerprint density at radius 3 is 2.35 bits per heavy atom. The first-order valence-corrected chi connectivity index (χ1v) is 21.4. The smallest absolute Gasteiger partial charge is 0.418 e. The molecule has 2 aromatic heterocycles. The predicted octanol–water partition coefficient (Wildman–Crippen LogP) is 9.49. The zero-order valence-electron chi connectivity index (χ0n) is 35.8. The predicted molar refractivity (Wildman–Crippen MR) is 237 cm³/mol. The van der Waals surface area contributed by atoms with E-state index in [4.69, 9.17) is 36.3 Å². The normalized spacial score (nSPS) is 19.0. The molecule has 18 heteroatoms. The first-order valence-electron chi connectivity index (χ1n) is 21.1. The molecule has 2 atom stereocenters. The van der Waals surface area contributed by atoms with Crippen LogP contribution in [0.2, 0.25) is 5.02 Å². The Kier molecular flexibility index (Phi) is 11.9. The van der Waals surface area contributed by atoms with Crippen molar-refractivity contribution in [2.24, 2.45) is 4.99 Å². The molecule has 340 valence electrons. The number of halogens is 6. The van der Waals surface area contributed by atoms with Crippen molar-refractivity contribution in [1.82, 2.24) is 19.8 Å². The second-order valence-corrected chi connectivity index (χ2v) is 16.9. The van der Waals surface area contributed by atoms with Crippen LogP contribution in [0, 0.1) is 12.7 Å². The van der Waals surface area contributed by atoms with Crippen molar-refractivity contribution >= 4 is 34.8 Å². The number of fused-ring (bicyclic) bond motifs is 1. The molecule has 5 aromatic rings. The van der Waals surface area contributed by atoms with Crippen molar-refractivity contribution in [3.63, 3.8) is 0 Å². The molecule has 0 aliphatic carbocycles. The van der Waals surface area contributed by atoms with Gasteiger partial charge >= 0.3 is 12.1 Å². The van der Waals surface area contributed by atoms with Gasteiger partial charge in [0.15, 0.2) is 11.6 Å². The molecule has 0 radical (unpaired) electrons. The lowest BCUT2D eigenvalue weighted by molar-refractivity contribution is -0.137. The number of nitrogens with two attached hydrogens (primary N) is 1. The number of aliphatic imine (C=N–C) groups is 1. The van der Waals surface area contributed by atoms with Crippen LogP contribution in [0.3, 0.4) is 0 Å². The number of hydrogen-bond acceptors (Lipinski definition) is 12. The van der Waals surface area contributed by atoms with E-state index in [-0.39, 0.29) is 91.1 Å². The number of nitrogens with one attached hydrogen (secondary N) is 1. The highest BCUT2D eigenvalue weighted by atomic mass is 35.5. The summed E-state index contributed by atoms with van der Waals surface area (Å²) in [6, 6.07) is 19.3. The van der Waals surface area contributed by atoms with Crippen molar-refractivity contribution in [1.29, 1.82) is 0 Å². The largest absolute Gasteiger partial charge is 0.497 e. The van der Waals surface area contributed by atoms with E-state index in [0.717, 1.165) is 17.5 Å². The van der Waals surface area contributed by atoms with Crippen LogP contribution >= 0.6 is 11.6 Å². The van der Waals surface area contributed by atoms with Gasteiger partial charge in [0, 0.05) is 37.8 Å². The van der Waals surface area contributed by atoms with Crippen LogP contribution < -0.4 is 30.2 Å². The number of aromatic nitrogens is 2. The highest BCUT2D eigenvalue weighted by molar-refractivity contribution is 6.37. The van der Waals surface area contributed by atoms with Gasteiger partial charge in [0.1, 0.15) is 48.4 Å². The lowest BCUT2D eigenvalue weighted by Gasteiger charge is -2.31. The number of rotatable bonds is 13. The van der Waals surface area contributed by atoms with Gasteiger partial charge in [-0.25, -0.2) is 23.7 Å². The van der Waals surface area contributed by atoms with Gasteiger partial charge in [-0.15, -0.1) is 0 Å². The van der Waals surface area contributed by atoms with E-state index < -0.39 is 46.3 Å². The molecule has 65 heavy (non-hydrogen) atoms. The summed E-state index contributed by atoms with van der Waals surface area (Å²) in [5.41, 5.74) is 5.21. The molecule has 6 heterocycles. The number of ether oxygens (including phenoxy) is 4. The third-order valence-corrected chi connectivity index (χ3v) is 12.8. The Bertz CT molecular complexity index is 2620. The molecule has 4 aliphatic rings. The van der Waals surface area contributed by atoms with Crippen LogP contribution in [0.4, 0.5) is 39.3 Å². The van der Waals surface area contributed by atoms with E-state index in [1.54, 1.807) is 66.6 Å². The zero-order valence-corrected chi connectivity index (χ0v) is 36.6. The van der Waals surface area contributed by atoms with Gasteiger partial charge in [-0.3, -0.25) is 4.90 Å². The minimum absolute atomic E-state index is 0.0103. The summed E-state index contributed by atoms with van der Waals surface area (Å²) in [4.78, 5) is 19.1. The summed E-state index contributed by atoms with van der Waals surface area (Å²) in [6.07, 6.45) is -1.24. The van der Waals surface area contributed by atoms with Gasteiger partial charge in [-0.2, -0.15) is 13.2 Å². The first kappa shape index (κ1) is 43.9. The van der Waals surface area contributed by atoms with Crippen molar-refractivity contribution in [3.05, 3.63) is 129 Å². The molecule has 0 saturated carbocycles. The van der Waals surface area contributed by atoms with Crippen molar-refractivity contribution < 1.29 is 40.9 Å². The molecule has 9 rings (SSSR count).